The summed E-state index contributed by atoms with van der Waals surface area (Å²) in [5.74, 6) is 0.520. The van der Waals surface area contributed by atoms with Crippen molar-refractivity contribution in [2.24, 2.45) is 5.92 Å². The molecule has 1 aliphatic rings. The number of hydrogen-bond acceptors (Lipinski definition) is 3. The minimum Gasteiger partial charge on any atom is -0.340 e. The SMILES string of the molecule is CC.CC(=O)N1CCN(CC(=O)C(C)C)CC1. The van der Waals surface area contributed by atoms with Gasteiger partial charge in [0.05, 0.1) is 6.54 Å². The number of amides is 1. The highest BCUT2D eigenvalue weighted by Gasteiger charge is 2.20. The Labute approximate surface area is 105 Å². The molecule has 0 aliphatic carbocycles. The monoisotopic (exact) mass is 242 g/mol. The maximum Gasteiger partial charge on any atom is 0.219 e. The van der Waals surface area contributed by atoms with E-state index in [4.69, 9.17) is 0 Å². The minimum absolute atomic E-state index is 0.107. The molecule has 4 heteroatoms. The molecule has 0 radical (unpaired) electrons. The van der Waals surface area contributed by atoms with Crippen LogP contribution in [-0.4, -0.2) is 54.2 Å². The van der Waals surface area contributed by atoms with Crippen molar-refractivity contribution in [1.29, 1.82) is 0 Å². The van der Waals surface area contributed by atoms with Gasteiger partial charge in [-0.2, -0.15) is 0 Å². The first-order valence-corrected chi connectivity index (χ1v) is 6.51. The number of carbonyl (C=O) groups excluding carboxylic acids is 2. The Kier molecular flexibility index (Phi) is 7.79. The summed E-state index contributed by atoms with van der Waals surface area (Å²) < 4.78 is 0. The average Bonchev–Trinajstić information content (AvgIpc) is 2.32. The third-order valence-corrected chi connectivity index (χ3v) is 2.84. The van der Waals surface area contributed by atoms with E-state index < -0.39 is 0 Å². The van der Waals surface area contributed by atoms with E-state index in [-0.39, 0.29) is 17.6 Å². The number of piperazine rings is 1. The van der Waals surface area contributed by atoms with E-state index in [1.54, 1.807) is 6.92 Å². The van der Waals surface area contributed by atoms with Crippen LogP contribution in [0.1, 0.15) is 34.6 Å². The molecule has 0 bridgehead atoms. The van der Waals surface area contributed by atoms with Crippen LogP contribution in [0.4, 0.5) is 0 Å². The van der Waals surface area contributed by atoms with Gasteiger partial charge in [0.25, 0.3) is 0 Å². The van der Waals surface area contributed by atoms with Crippen molar-refractivity contribution in [2.75, 3.05) is 32.7 Å². The lowest BCUT2D eigenvalue weighted by atomic mass is 10.1. The highest BCUT2D eigenvalue weighted by atomic mass is 16.2. The Balaban J connectivity index is 0.00000121. The van der Waals surface area contributed by atoms with E-state index in [2.05, 4.69) is 4.90 Å². The molecule has 0 unspecified atom stereocenters. The van der Waals surface area contributed by atoms with Crippen molar-refractivity contribution in [3.8, 4) is 0 Å². The summed E-state index contributed by atoms with van der Waals surface area (Å²) in [6.45, 7) is 13.1. The molecule has 1 fully saturated rings. The van der Waals surface area contributed by atoms with Crippen molar-refractivity contribution >= 4 is 11.7 Å². The van der Waals surface area contributed by atoms with Gasteiger partial charge in [0.1, 0.15) is 5.78 Å². The van der Waals surface area contributed by atoms with Gasteiger partial charge in [-0.1, -0.05) is 27.7 Å². The van der Waals surface area contributed by atoms with Crippen molar-refractivity contribution in [1.82, 2.24) is 9.80 Å². The summed E-state index contributed by atoms with van der Waals surface area (Å²) in [6.07, 6.45) is 0. The van der Waals surface area contributed by atoms with Gasteiger partial charge in [-0.15, -0.1) is 0 Å². The molecule has 1 heterocycles. The third-order valence-electron chi connectivity index (χ3n) is 2.84. The Morgan fingerprint density at radius 1 is 1.06 bits per heavy atom. The van der Waals surface area contributed by atoms with E-state index in [1.807, 2.05) is 32.6 Å². The molecule has 1 saturated heterocycles. The first kappa shape index (κ1) is 16.1. The number of hydrogen-bond donors (Lipinski definition) is 0. The first-order valence-electron chi connectivity index (χ1n) is 6.51. The highest BCUT2D eigenvalue weighted by Crippen LogP contribution is 2.04. The minimum atomic E-state index is 0.107. The first-order chi connectivity index (χ1) is 8.00. The molecular formula is C13H26N2O2. The van der Waals surface area contributed by atoms with Crippen LogP contribution >= 0.6 is 0 Å². The molecule has 1 amide bonds. The standard InChI is InChI=1S/C11H20N2O2.C2H6/c1-9(2)11(15)8-12-4-6-13(7-5-12)10(3)14;1-2/h9H,4-8H2,1-3H3;1-2H3. The predicted octanol–water partition coefficient (Wildman–Crippen LogP) is 1.40. The highest BCUT2D eigenvalue weighted by molar-refractivity contribution is 5.82. The molecular weight excluding hydrogens is 216 g/mol. The zero-order valence-corrected chi connectivity index (χ0v) is 11.8. The smallest absolute Gasteiger partial charge is 0.219 e. The lowest BCUT2D eigenvalue weighted by Gasteiger charge is -2.33. The van der Waals surface area contributed by atoms with Crippen LogP contribution in [-0.2, 0) is 9.59 Å². The van der Waals surface area contributed by atoms with Crippen molar-refractivity contribution < 1.29 is 9.59 Å². The summed E-state index contributed by atoms with van der Waals surface area (Å²) in [6, 6.07) is 0. The molecule has 0 N–H and O–H groups in total. The zero-order valence-electron chi connectivity index (χ0n) is 11.8. The van der Waals surface area contributed by atoms with Crippen LogP contribution in [0.5, 0.6) is 0 Å². The second kappa shape index (κ2) is 8.23. The molecule has 0 atom stereocenters. The predicted molar refractivity (Wildman–Crippen MR) is 69.9 cm³/mol. The van der Waals surface area contributed by atoms with Crippen molar-refractivity contribution in [3.63, 3.8) is 0 Å². The average molecular weight is 242 g/mol. The fourth-order valence-electron chi connectivity index (χ4n) is 1.62. The number of nitrogens with zero attached hydrogens (tertiary/aromatic N) is 2. The quantitative estimate of drug-likeness (QED) is 0.751. The van der Waals surface area contributed by atoms with Crippen LogP contribution in [0, 0.1) is 5.92 Å². The Bertz CT molecular complexity index is 244. The lowest BCUT2D eigenvalue weighted by Crippen LogP contribution is -2.49. The Morgan fingerprint density at radius 3 is 1.88 bits per heavy atom. The normalized spacial score (nSPS) is 16.5. The van der Waals surface area contributed by atoms with Crippen LogP contribution in [0.25, 0.3) is 0 Å². The van der Waals surface area contributed by atoms with Crippen molar-refractivity contribution in [2.45, 2.75) is 34.6 Å². The van der Waals surface area contributed by atoms with Crippen LogP contribution in [0.15, 0.2) is 0 Å². The third kappa shape index (κ3) is 5.82. The molecule has 1 rings (SSSR count). The number of Topliss-reactive ketones (excluding diaryl/α,β-unsaturated/α-hetero) is 1. The van der Waals surface area contributed by atoms with E-state index in [0.29, 0.717) is 6.54 Å². The fraction of sp³-hybridized carbons (Fsp3) is 0.846. The number of ketones is 1. The molecule has 0 spiro atoms. The van der Waals surface area contributed by atoms with E-state index in [1.165, 1.54) is 0 Å². The van der Waals surface area contributed by atoms with E-state index >= 15 is 0 Å². The summed E-state index contributed by atoms with van der Waals surface area (Å²) in [5.41, 5.74) is 0. The van der Waals surface area contributed by atoms with Crippen LogP contribution in [0.2, 0.25) is 0 Å². The van der Waals surface area contributed by atoms with Gasteiger partial charge in [0.2, 0.25) is 5.91 Å². The van der Waals surface area contributed by atoms with Crippen LogP contribution < -0.4 is 0 Å². The molecule has 17 heavy (non-hydrogen) atoms. The van der Waals surface area contributed by atoms with Gasteiger partial charge in [-0.05, 0) is 0 Å². The molecule has 4 nitrogen and oxygen atoms in total. The molecule has 0 aromatic carbocycles. The largest absolute Gasteiger partial charge is 0.340 e. The number of rotatable bonds is 3. The van der Waals surface area contributed by atoms with E-state index in [0.717, 1.165) is 26.2 Å². The zero-order chi connectivity index (χ0) is 13.4. The number of carbonyl (C=O) groups is 2. The van der Waals surface area contributed by atoms with Gasteiger partial charge < -0.3 is 4.90 Å². The summed E-state index contributed by atoms with van der Waals surface area (Å²) in [5, 5.41) is 0. The van der Waals surface area contributed by atoms with Gasteiger partial charge in [-0.25, -0.2) is 0 Å². The molecule has 1 aliphatic heterocycles. The summed E-state index contributed by atoms with van der Waals surface area (Å²) >= 11 is 0. The van der Waals surface area contributed by atoms with Gasteiger partial charge in [0, 0.05) is 39.0 Å². The van der Waals surface area contributed by atoms with Gasteiger partial charge in [0.15, 0.2) is 0 Å². The van der Waals surface area contributed by atoms with Gasteiger partial charge in [-0.3, -0.25) is 14.5 Å². The molecule has 0 aromatic heterocycles. The molecule has 100 valence electrons. The maximum atomic E-state index is 11.5. The molecule has 0 saturated carbocycles. The fourth-order valence-corrected chi connectivity index (χ4v) is 1.62. The topological polar surface area (TPSA) is 40.6 Å². The van der Waals surface area contributed by atoms with Crippen molar-refractivity contribution in [3.05, 3.63) is 0 Å². The summed E-state index contributed by atoms with van der Waals surface area (Å²) in [7, 11) is 0. The van der Waals surface area contributed by atoms with Crippen LogP contribution in [0.3, 0.4) is 0 Å². The van der Waals surface area contributed by atoms with E-state index in [9.17, 15) is 9.59 Å². The Hall–Kier alpha value is -0.900. The maximum absolute atomic E-state index is 11.5. The second-order valence-corrected chi connectivity index (χ2v) is 4.40. The van der Waals surface area contributed by atoms with Gasteiger partial charge >= 0.3 is 0 Å². The Morgan fingerprint density at radius 2 is 1.53 bits per heavy atom. The summed E-state index contributed by atoms with van der Waals surface area (Å²) in [4.78, 5) is 26.5. The molecule has 0 aromatic rings. The lowest BCUT2D eigenvalue weighted by molar-refractivity contribution is -0.131. The second-order valence-electron chi connectivity index (χ2n) is 4.40.